The fourth-order valence-electron chi connectivity index (χ4n) is 1.56. The van der Waals surface area contributed by atoms with Crippen LogP contribution in [0.15, 0.2) is 0 Å². The molecule has 5 heteroatoms. The fourth-order valence-corrected chi connectivity index (χ4v) is 1.90. The highest BCUT2D eigenvalue weighted by Gasteiger charge is 2.40. The molecule has 0 bridgehead atoms. The molecule has 78 valence electrons. The number of rotatable bonds is 2. The largest absolute Gasteiger partial charge is 0.301 e. The van der Waals surface area contributed by atoms with E-state index in [4.69, 9.17) is 12.2 Å². The van der Waals surface area contributed by atoms with Gasteiger partial charge in [0.1, 0.15) is 6.04 Å². The van der Waals surface area contributed by atoms with Crippen LogP contribution in [-0.2, 0) is 9.59 Å². The van der Waals surface area contributed by atoms with Crippen LogP contribution in [0.25, 0.3) is 0 Å². The third-order valence-electron chi connectivity index (χ3n) is 2.52. The second-order valence-electron chi connectivity index (χ2n) is 3.51. The van der Waals surface area contributed by atoms with E-state index in [1.54, 1.807) is 0 Å². The summed E-state index contributed by atoms with van der Waals surface area (Å²) in [6.07, 6.45) is 0.838. The quantitative estimate of drug-likeness (QED) is 0.687. The molecule has 0 aliphatic carbocycles. The van der Waals surface area contributed by atoms with Gasteiger partial charge in [0.2, 0.25) is 11.8 Å². The van der Waals surface area contributed by atoms with Crippen LogP contribution in [0.3, 0.4) is 0 Å². The molecule has 14 heavy (non-hydrogen) atoms. The van der Waals surface area contributed by atoms with Gasteiger partial charge in [-0.05, 0) is 18.1 Å². The molecule has 1 fully saturated rings. The number of amides is 2. The Bertz CT molecular complexity index is 291. The molecule has 1 aliphatic heterocycles. The molecule has 0 aromatic carbocycles. The van der Waals surface area contributed by atoms with Crippen LogP contribution < -0.4 is 5.32 Å². The van der Waals surface area contributed by atoms with Gasteiger partial charge in [-0.1, -0.05) is 20.3 Å². The second kappa shape index (κ2) is 4.04. The van der Waals surface area contributed by atoms with Gasteiger partial charge in [0.05, 0.1) is 0 Å². The highest BCUT2D eigenvalue weighted by atomic mass is 32.1. The van der Waals surface area contributed by atoms with Gasteiger partial charge in [0, 0.05) is 6.92 Å². The molecule has 1 aliphatic rings. The van der Waals surface area contributed by atoms with Crippen molar-refractivity contribution in [3.05, 3.63) is 0 Å². The predicted molar refractivity (Wildman–Crippen MR) is 56.5 cm³/mol. The predicted octanol–water partition coefficient (Wildman–Crippen LogP) is 0.664. The van der Waals surface area contributed by atoms with E-state index in [0.717, 1.165) is 6.42 Å². The lowest BCUT2D eigenvalue weighted by Crippen LogP contribution is -2.42. The molecule has 1 saturated heterocycles. The van der Waals surface area contributed by atoms with E-state index < -0.39 is 6.04 Å². The SMILES string of the molecule is CC[C@@H](C)[C@@H]1C(=O)NC(=S)N1C(C)=O. The van der Waals surface area contributed by atoms with Crippen LogP contribution in [-0.4, -0.2) is 27.9 Å². The van der Waals surface area contributed by atoms with Crippen molar-refractivity contribution in [1.82, 2.24) is 10.2 Å². The lowest BCUT2D eigenvalue weighted by Gasteiger charge is -2.24. The van der Waals surface area contributed by atoms with Gasteiger partial charge in [-0.3, -0.25) is 14.5 Å². The average Bonchev–Trinajstić information content (AvgIpc) is 2.39. The van der Waals surface area contributed by atoms with Gasteiger partial charge in [-0.25, -0.2) is 0 Å². The number of nitrogens with zero attached hydrogens (tertiary/aromatic N) is 1. The lowest BCUT2D eigenvalue weighted by atomic mass is 9.98. The Morgan fingerprint density at radius 2 is 2.29 bits per heavy atom. The molecule has 0 radical (unpaired) electrons. The summed E-state index contributed by atoms with van der Waals surface area (Å²) in [4.78, 5) is 24.2. The minimum atomic E-state index is -0.426. The van der Waals surface area contributed by atoms with E-state index in [2.05, 4.69) is 5.32 Å². The van der Waals surface area contributed by atoms with E-state index in [9.17, 15) is 9.59 Å². The lowest BCUT2D eigenvalue weighted by molar-refractivity contribution is -0.132. The number of hydrogen-bond acceptors (Lipinski definition) is 3. The maximum atomic E-state index is 11.5. The standard InChI is InChI=1S/C9H14N2O2S/c1-4-5(2)7-8(13)10-9(14)11(7)6(3)12/h5,7H,4H2,1-3H3,(H,10,13,14)/t5-,7-/m1/s1. The van der Waals surface area contributed by atoms with Crippen molar-refractivity contribution in [3.8, 4) is 0 Å². The molecular weight excluding hydrogens is 200 g/mol. The molecule has 0 spiro atoms. The van der Waals surface area contributed by atoms with Crippen LogP contribution in [0, 0.1) is 5.92 Å². The van der Waals surface area contributed by atoms with Crippen LogP contribution >= 0.6 is 12.2 Å². The molecule has 2 atom stereocenters. The molecule has 1 rings (SSSR count). The van der Waals surface area contributed by atoms with Gasteiger partial charge in [-0.2, -0.15) is 0 Å². The summed E-state index contributed by atoms with van der Waals surface area (Å²) in [6.45, 7) is 5.34. The molecule has 4 nitrogen and oxygen atoms in total. The number of hydrogen-bond donors (Lipinski definition) is 1. The number of carbonyl (C=O) groups is 2. The van der Waals surface area contributed by atoms with Crippen LogP contribution in [0.1, 0.15) is 27.2 Å². The van der Waals surface area contributed by atoms with Gasteiger partial charge < -0.3 is 5.32 Å². The molecule has 0 saturated carbocycles. The fraction of sp³-hybridized carbons (Fsp3) is 0.667. The average molecular weight is 214 g/mol. The zero-order valence-corrected chi connectivity index (χ0v) is 9.35. The molecule has 2 amide bonds. The first-order valence-electron chi connectivity index (χ1n) is 4.63. The van der Waals surface area contributed by atoms with Crippen molar-refractivity contribution in [2.75, 3.05) is 0 Å². The van der Waals surface area contributed by atoms with Crippen molar-refractivity contribution in [3.63, 3.8) is 0 Å². The minimum Gasteiger partial charge on any atom is -0.301 e. The summed E-state index contributed by atoms with van der Waals surface area (Å²) >= 11 is 4.91. The van der Waals surface area contributed by atoms with Gasteiger partial charge >= 0.3 is 0 Å². The molecule has 1 N–H and O–H groups in total. The molecule has 0 aromatic heterocycles. The monoisotopic (exact) mass is 214 g/mol. The first-order chi connectivity index (χ1) is 6.49. The Kier molecular flexibility index (Phi) is 3.21. The zero-order valence-electron chi connectivity index (χ0n) is 8.53. The van der Waals surface area contributed by atoms with Crippen LogP contribution in [0.5, 0.6) is 0 Å². The summed E-state index contributed by atoms with van der Waals surface area (Å²) in [7, 11) is 0. The Balaban J connectivity index is 2.94. The maximum Gasteiger partial charge on any atom is 0.249 e. The highest BCUT2D eigenvalue weighted by Crippen LogP contribution is 2.19. The van der Waals surface area contributed by atoms with Crippen molar-refractivity contribution >= 4 is 29.1 Å². The van der Waals surface area contributed by atoms with E-state index in [1.165, 1.54) is 11.8 Å². The normalized spacial score (nSPS) is 23.6. The number of nitrogens with one attached hydrogen (secondary N) is 1. The van der Waals surface area contributed by atoms with Crippen LogP contribution in [0.4, 0.5) is 0 Å². The summed E-state index contributed by atoms with van der Waals surface area (Å²) < 4.78 is 0. The molecule has 1 heterocycles. The van der Waals surface area contributed by atoms with E-state index in [-0.39, 0.29) is 22.8 Å². The zero-order chi connectivity index (χ0) is 10.9. The van der Waals surface area contributed by atoms with Crippen molar-refractivity contribution in [2.45, 2.75) is 33.2 Å². The Morgan fingerprint density at radius 1 is 1.71 bits per heavy atom. The Labute approximate surface area is 88.6 Å². The van der Waals surface area contributed by atoms with Gasteiger partial charge in [0.25, 0.3) is 0 Å². The third kappa shape index (κ3) is 1.77. The van der Waals surface area contributed by atoms with E-state index >= 15 is 0 Å². The number of thiocarbonyl (C=S) groups is 1. The Morgan fingerprint density at radius 3 is 2.71 bits per heavy atom. The second-order valence-corrected chi connectivity index (χ2v) is 3.90. The topological polar surface area (TPSA) is 49.4 Å². The van der Waals surface area contributed by atoms with E-state index in [0.29, 0.717) is 0 Å². The Hall–Kier alpha value is -0.970. The van der Waals surface area contributed by atoms with Gasteiger partial charge in [0.15, 0.2) is 5.11 Å². The van der Waals surface area contributed by atoms with Crippen LogP contribution in [0.2, 0.25) is 0 Å². The van der Waals surface area contributed by atoms with Crippen molar-refractivity contribution in [1.29, 1.82) is 0 Å². The first kappa shape index (κ1) is 11.1. The first-order valence-corrected chi connectivity index (χ1v) is 5.04. The van der Waals surface area contributed by atoms with E-state index in [1.807, 2.05) is 13.8 Å². The molecular formula is C9H14N2O2S. The number of carbonyl (C=O) groups excluding carboxylic acids is 2. The summed E-state index contributed by atoms with van der Waals surface area (Å²) in [5.74, 6) is -0.224. The summed E-state index contributed by atoms with van der Waals surface area (Å²) in [6, 6.07) is -0.426. The summed E-state index contributed by atoms with van der Waals surface area (Å²) in [5.41, 5.74) is 0. The molecule has 0 unspecified atom stereocenters. The van der Waals surface area contributed by atoms with Crippen molar-refractivity contribution in [2.24, 2.45) is 5.92 Å². The molecule has 0 aromatic rings. The maximum absolute atomic E-state index is 11.5. The third-order valence-corrected chi connectivity index (χ3v) is 2.82. The van der Waals surface area contributed by atoms with Gasteiger partial charge in [-0.15, -0.1) is 0 Å². The minimum absolute atomic E-state index is 0.124. The van der Waals surface area contributed by atoms with Crippen molar-refractivity contribution < 1.29 is 9.59 Å². The highest BCUT2D eigenvalue weighted by molar-refractivity contribution is 7.80. The summed E-state index contributed by atoms with van der Waals surface area (Å²) in [5, 5.41) is 2.74. The smallest absolute Gasteiger partial charge is 0.249 e.